The first kappa shape index (κ1) is 13.9. The molecular formula is C13H13Cl2N3O. The Balaban J connectivity index is 2.31. The fourth-order valence-electron chi connectivity index (χ4n) is 1.51. The summed E-state index contributed by atoms with van der Waals surface area (Å²) in [6.07, 6.45) is 1.35. The van der Waals surface area contributed by atoms with Crippen molar-refractivity contribution in [2.75, 3.05) is 19.0 Å². The number of aromatic nitrogens is 2. The Kier molecular flexibility index (Phi) is 4.45. The molecule has 0 amide bonds. The van der Waals surface area contributed by atoms with Crippen molar-refractivity contribution in [3.05, 3.63) is 41.3 Å². The predicted molar refractivity (Wildman–Crippen MR) is 77.4 cm³/mol. The van der Waals surface area contributed by atoms with E-state index in [9.17, 15) is 0 Å². The van der Waals surface area contributed by atoms with Crippen LogP contribution in [0.15, 0.2) is 30.6 Å². The van der Waals surface area contributed by atoms with Crippen molar-refractivity contribution in [1.82, 2.24) is 9.97 Å². The molecule has 2 aromatic rings. The number of ether oxygens (including phenoxy) is 1. The van der Waals surface area contributed by atoms with E-state index in [2.05, 4.69) is 9.97 Å². The normalized spacial score (nSPS) is 10.3. The molecule has 0 bridgehead atoms. The lowest BCUT2D eigenvalue weighted by Crippen LogP contribution is -2.08. The standard InChI is InChI=1S/C13H13Cl2N3O/c1-18(2)9-4-3-5-10(6-9)19-13-11(7-14)12(15)16-8-17-13/h3-6,8H,7H2,1-2H3. The average molecular weight is 298 g/mol. The van der Waals surface area contributed by atoms with E-state index < -0.39 is 0 Å². The topological polar surface area (TPSA) is 38.2 Å². The smallest absolute Gasteiger partial charge is 0.228 e. The number of benzene rings is 1. The number of nitrogens with zero attached hydrogens (tertiary/aromatic N) is 3. The Morgan fingerprint density at radius 1 is 1.26 bits per heavy atom. The first-order chi connectivity index (χ1) is 9.11. The van der Waals surface area contributed by atoms with Crippen LogP contribution in [0.4, 0.5) is 5.69 Å². The van der Waals surface area contributed by atoms with E-state index in [1.165, 1.54) is 6.33 Å². The van der Waals surface area contributed by atoms with Crippen LogP contribution >= 0.6 is 23.2 Å². The van der Waals surface area contributed by atoms with Gasteiger partial charge < -0.3 is 9.64 Å². The van der Waals surface area contributed by atoms with Crippen molar-refractivity contribution in [2.24, 2.45) is 0 Å². The number of anilines is 1. The SMILES string of the molecule is CN(C)c1cccc(Oc2ncnc(Cl)c2CCl)c1. The van der Waals surface area contributed by atoms with Crippen molar-refractivity contribution in [2.45, 2.75) is 5.88 Å². The zero-order valence-corrected chi connectivity index (χ0v) is 12.1. The Labute approximate surface area is 122 Å². The first-order valence-electron chi connectivity index (χ1n) is 5.62. The summed E-state index contributed by atoms with van der Waals surface area (Å²) in [5, 5.41) is 0.309. The lowest BCUT2D eigenvalue weighted by Gasteiger charge is -2.14. The van der Waals surface area contributed by atoms with Crippen LogP contribution in [-0.2, 0) is 5.88 Å². The van der Waals surface area contributed by atoms with E-state index in [0.717, 1.165) is 5.69 Å². The Bertz CT molecular complexity index is 576. The Morgan fingerprint density at radius 2 is 2.05 bits per heavy atom. The summed E-state index contributed by atoms with van der Waals surface area (Å²) >= 11 is 11.8. The average Bonchev–Trinajstić information content (AvgIpc) is 2.39. The van der Waals surface area contributed by atoms with Gasteiger partial charge in [-0.25, -0.2) is 9.97 Å². The van der Waals surface area contributed by atoms with Crippen LogP contribution in [-0.4, -0.2) is 24.1 Å². The molecule has 2 rings (SSSR count). The van der Waals surface area contributed by atoms with Crippen molar-refractivity contribution in [3.8, 4) is 11.6 Å². The van der Waals surface area contributed by atoms with Gasteiger partial charge in [-0.2, -0.15) is 0 Å². The minimum atomic E-state index is 0.197. The van der Waals surface area contributed by atoms with E-state index in [-0.39, 0.29) is 5.88 Å². The van der Waals surface area contributed by atoms with Crippen molar-refractivity contribution in [3.63, 3.8) is 0 Å². The third kappa shape index (κ3) is 3.28. The third-order valence-electron chi connectivity index (χ3n) is 2.54. The van der Waals surface area contributed by atoms with Gasteiger partial charge >= 0.3 is 0 Å². The molecule has 1 aromatic carbocycles. The molecule has 100 valence electrons. The lowest BCUT2D eigenvalue weighted by molar-refractivity contribution is 0.457. The van der Waals surface area contributed by atoms with E-state index in [0.29, 0.717) is 22.3 Å². The van der Waals surface area contributed by atoms with Crippen LogP contribution in [0.1, 0.15) is 5.56 Å². The molecule has 0 N–H and O–H groups in total. The zero-order chi connectivity index (χ0) is 13.8. The molecule has 0 fully saturated rings. The van der Waals surface area contributed by atoms with Crippen LogP contribution in [0.2, 0.25) is 5.15 Å². The van der Waals surface area contributed by atoms with Gasteiger partial charge in [-0.05, 0) is 12.1 Å². The van der Waals surface area contributed by atoms with Crippen LogP contribution in [0.5, 0.6) is 11.6 Å². The summed E-state index contributed by atoms with van der Waals surface area (Å²) < 4.78 is 5.73. The highest BCUT2D eigenvalue weighted by molar-refractivity contribution is 6.31. The number of hydrogen-bond acceptors (Lipinski definition) is 4. The summed E-state index contributed by atoms with van der Waals surface area (Å²) in [4.78, 5) is 9.93. The summed E-state index contributed by atoms with van der Waals surface area (Å²) in [6, 6.07) is 7.66. The van der Waals surface area contributed by atoms with Gasteiger partial charge in [0.1, 0.15) is 17.2 Å². The molecule has 0 aliphatic carbocycles. The largest absolute Gasteiger partial charge is 0.438 e. The molecule has 1 aromatic heterocycles. The summed E-state index contributed by atoms with van der Waals surface area (Å²) in [7, 11) is 3.93. The van der Waals surface area contributed by atoms with E-state index in [4.69, 9.17) is 27.9 Å². The van der Waals surface area contributed by atoms with Crippen molar-refractivity contribution < 1.29 is 4.74 Å². The molecule has 0 unspecified atom stereocenters. The predicted octanol–water partition coefficient (Wildman–Crippen LogP) is 3.73. The fraction of sp³-hybridized carbons (Fsp3) is 0.231. The molecule has 0 radical (unpaired) electrons. The highest BCUT2D eigenvalue weighted by Gasteiger charge is 2.11. The molecule has 4 nitrogen and oxygen atoms in total. The van der Waals surface area contributed by atoms with Gasteiger partial charge in [-0.15, -0.1) is 11.6 Å². The molecule has 0 saturated heterocycles. The maximum Gasteiger partial charge on any atom is 0.228 e. The molecule has 1 heterocycles. The summed E-state index contributed by atoms with van der Waals surface area (Å²) in [5.41, 5.74) is 1.62. The summed E-state index contributed by atoms with van der Waals surface area (Å²) in [5.74, 6) is 1.25. The third-order valence-corrected chi connectivity index (χ3v) is 3.13. The van der Waals surface area contributed by atoms with Gasteiger partial charge in [-0.1, -0.05) is 17.7 Å². The second-order valence-corrected chi connectivity index (χ2v) is 4.70. The van der Waals surface area contributed by atoms with Gasteiger partial charge in [0.25, 0.3) is 0 Å². The van der Waals surface area contributed by atoms with Crippen molar-refractivity contribution >= 4 is 28.9 Å². The Hall–Kier alpha value is -1.52. The maximum atomic E-state index is 5.95. The minimum Gasteiger partial charge on any atom is -0.438 e. The molecule has 0 aliphatic heterocycles. The number of hydrogen-bond donors (Lipinski definition) is 0. The molecule has 6 heteroatoms. The highest BCUT2D eigenvalue weighted by atomic mass is 35.5. The number of alkyl halides is 1. The minimum absolute atomic E-state index is 0.197. The van der Waals surface area contributed by atoms with Crippen LogP contribution in [0.25, 0.3) is 0 Å². The van der Waals surface area contributed by atoms with Gasteiger partial charge in [0.2, 0.25) is 5.88 Å². The molecule has 0 saturated carbocycles. The molecule has 0 aliphatic rings. The van der Waals surface area contributed by atoms with Crippen LogP contribution in [0.3, 0.4) is 0 Å². The quantitative estimate of drug-likeness (QED) is 0.637. The summed E-state index contributed by atoms with van der Waals surface area (Å²) in [6.45, 7) is 0. The first-order valence-corrected chi connectivity index (χ1v) is 6.53. The van der Waals surface area contributed by atoms with Crippen LogP contribution in [0, 0.1) is 0 Å². The molecular weight excluding hydrogens is 285 g/mol. The van der Waals surface area contributed by atoms with Crippen LogP contribution < -0.4 is 9.64 Å². The maximum absolute atomic E-state index is 5.95. The van der Waals surface area contributed by atoms with E-state index in [1.54, 1.807) is 0 Å². The fourth-order valence-corrected chi connectivity index (χ4v) is 2.01. The zero-order valence-electron chi connectivity index (χ0n) is 10.6. The second-order valence-electron chi connectivity index (χ2n) is 4.08. The molecule has 0 spiro atoms. The van der Waals surface area contributed by atoms with E-state index >= 15 is 0 Å². The van der Waals surface area contributed by atoms with Gasteiger partial charge in [-0.3, -0.25) is 0 Å². The lowest BCUT2D eigenvalue weighted by atomic mass is 10.3. The number of rotatable bonds is 4. The molecule has 19 heavy (non-hydrogen) atoms. The van der Waals surface area contributed by atoms with Gasteiger partial charge in [0.05, 0.1) is 11.4 Å². The van der Waals surface area contributed by atoms with Crippen molar-refractivity contribution in [1.29, 1.82) is 0 Å². The number of halogens is 2. The molecule has 0 atom stereocenters. The van der Waals surface area contributed by atoms with E-state index in [1.807, 2.05) is 43.3 Å². The Morgan fingerprint density at radius 3 is 2.74 bits per heavy atom. The highest BCUT2D eigenvalue weighted by Crippen LogP contribution is 2.29. The monoisotopic (exact) mass is 297 g/mol. The van der Waals surface area contributed by atoms with Gasteiger partial charge in [0, 0.05) is 25.8 Å². The second kappa shape index (κ2) is 6.08. The van der Waals surface area contributed by atoms with Gasteiger partial charge in [0.15, 0.2) is 0 Å².